The fraction of sp³-hybridized carbons (Fsp3) is 0.235. The molecule has 0 spiro atoms. The number of nitrogens with zero attached hydrogens (tertiary/aromatic N) is 3. The summed E-state index contributed by atoms with van der Waals surface area (Å²) in [5.41, 5.74) is 3.18. The number of aromatic nitrogens is 3. The summed E-state index contributed by atoms with van der Waals surface area (Å²) in [5.74, 6) is -0.428. The van der Waals surface area contributed by atoms with Gasteiger partial charge in [0.25, 0.3) is 0 Å². The topological polar surface area (TPSA) is 57.0 Å². The van der Waals surface area contributed by atoms with E-state index in [1.165, 1.54) is 7.11 Å². The van der Waals surface area contributed by atoms with Crippen LogP contribution in [0.5, 0.6) is 0 Å². The van der Waals surface area contributed by atoms with E-state index < -0.39 is 5.97 Å². The highest BCUT2D eigenvalue weighted by atomic mass is 35.5. The molecule has 0 saturated carbocycles. The van der Waals surface area contributed by atoms with E-state index in [2.05, 4.69) is 10.1 Å². The fourth-order valence-corrected chi connectivity index (χ4v) is 2.95. The van der Waals surface area contributed by atoms with Crippen LogP contribution in [0, 0.1) is 6.92 Å². The van der Waals surface area contributed by atoms with Crippen LogP contribution < -0.4 is 0 Å². The molecule has 0 unspecified atom stereocenters. The number of carbonyl (C=O) groups is 1. The van der Waals surface area contributed by atoms with Crippen molar-refractivity contribution in [2.45, 2.75) is 20.4 Å². The SMILES string of the molecule is CCn1nc(C)c2c(C(=O)OC)cc(-c3ccc(Cl)c(Cl)c3)nc21. The van der Waals surface area contributed by atoms with Crippen molar-refractivity contribution in [3.05, 3.63) is 45.6 Å². The van der Waals surface area contributed by atoms with Gasteiger partial charge in [-0.15, -0.1) is 0 Å². The summed E-state index contributed by atoms with van der Waals surface area (Å²) in [6.07, 6.45) is 0. The average molecular weight is 364 g/mol. The van der Waals surface area contributed by atoms with Gasteiger partial charge in [-0.3, -0.25) is 0 Å². The molecule has 3 rings (SSSR count). The van der Waals surface area contributed by atoms with Crippen LogP contribution >= 0.6 is 23.2 Å². The molecule has 0 fully saturated rings. The summed E-state index contributed by atoms with van der Waals surface area (Å²) in [4.78, 5) is 16.9. The van der Waals surface area contributed by atoms with Crippen LogP contribution in [0.2, 0.25) is 10.0 Å². The van der Waals surface area contributed by atoms with Crippen molar-refractivity contribution in [3.63, 3.8) is 0 Å². The number of hydrogen-bond acceptors (Lipinski definition) is 4. The lowest BCUT2D eigenvalue weighted by molar-refractivity contribution is 0.0603. The summed E-state index contributed by atoms with van der Waals surface area (Å²) in [7, 11) is 1.35. The average Bonchev–Trinajstić information content (AvgIpc) is 2.92. The van der Waals surface area contributed by atoms with E-state index >= 15 is 0 Å². The van der Waals surface area contributed by atoms with Crippen LogP contribution in [-0.2, 0) is 11.3 Å². The predicted octanol–water partition coefficient (Wildman–Crippen LogP) is 4.52. The molecule has 0 aliphatic rings. The van der Waals surface area contributed by atoms with Crippen LogP contribution in [0.3, 0.4) is 0 Å². The molecule has 24 heavy (non-hydrogen) atoms. The first-order valence-corrected chi connectivity index (χ1v) is 8.13. The first-order chi connectivity index (χ1) is 11.5. The van der Waals surface area contributed by atoms with Gasteiger partial charge in [0.1, 0.15) is 0 Å². The molecule has 0 aliphatic carbocycles. The molecule has 0 atom stereocenters. The minimum atomic E-state index is -0.428. The summed E-state index contributed by atoms with van der Waals surface area (Å²) < 4.78 is 6.69. The predicted molar refractivity (Wildman–Crippen MR) is 94.7 cm³/mol. The highest BCUT2D eigenvalue weighted by Gasteiger charge is 2.20. The molecule has 5 nitrogen and oxygen atoms in total. The van der Waals surface area contributed by atoms with E-state index in [0.717, 1.165) is 11.3 Å². The minimum absolute atomic E-state index is 0.427. The van der Waals surface area contributed by atoms with Crippen molar-refractivity contribution in [3.8, 4) is 11.3 Å². The number of carbonyl (C=O) groups excluding carboxylic acids is 1. The van der Waals surface area contributed by atoms with Gasteiger partial charge in [-0.1, -0.05) is 29.3 Å². The van der Waals surface area contributed by atoms with Crippen LogP contribution in [0.25, 0.3) is 22.3 Å². The van der Waals surface area contributed by atoms with Crippen LogP contribution in [0.4, 0.5) is 0 Å². The zero-order valence-electron chi connectivity index (χ0n) is 13.4. The lowest BCUT2D eigenvalue weighted by Gasteiger charge is -2.08. The lowest BCUT2D eigenvalue weighted by atomic mass is 10.1. The van der Waals surface area contributed by atoms with Gasteiger partial charge in [0.05, 0.1) is 39.5 Å². The van der Waals surface area contributed by atoms with Crippen LogP contribution in [0.1, 0.15) is 23.0 Å². The number of halogens is 2. The Morgan fingerprint density at radius 2 is 2.00 bits per heavy atom. The Bertz CT molecular complexity index is 951. The van der Waals surface area contributed by atoms with Crippen LogP contribution in [-0.4, -0.2) is 27.8 Å². The van der Waals surface area contributed by atoms with Gasteiger partial charge in [-0.05, 0) is 32.0 Å². The van der Waals surface area contributed by atoms with Crippen LogP contribution in [0.15, 0.2) is 24.3 Å². The third-order valence-electron chi connectivity index (χ3n) is 3.80. The van der Waals surface area contributed by atoms with E-state index in [0.29, 0.717) is 38.9 Å². The summed E-state index contributed by atoms with van der Waals surface area (Å²) in [5, 5.41) is 6.04. The molecular formula is C17H15Cl2N3O2. The normalized spacial score (nSPS) is 11.0. The lowest BCUT2D eigenvalue weighted by Crippen LogP contribution is -2.05. The Hall–Kier alpha value is -2.11. The number of fused-ring (bicyclic) bond motifs is 1. The summed E-state index contributed by atoms with van der Waals surface area (Å²) >= 11 is 12.1. The number of hydrogen-bond donors (Lipinski definition) is 0. The molecule has 2 aromatic heterocycles. The highest BCUT2D eigenvalue weighted by molar-refractivity contribution is 6.42. The second kappa shape index (κ2) is 6.42. The first kappa shape index (κ1) is 16.7. The number of ether oxygens (including phenoxy) is 1. The van der Waals surface area contributed by atoms with Crippen molar-refractivity contribution in [1.82, 2.24) is 14.8 Å². The highest BCUT2D eigenvalue weighted by Crippen LogP contribution is 2.31. The maximum atomic E-state index is 12.2. The zero-order valence-corrected chi connectivity index (χ0v) is 14.9. The van der Waals surface area contributed by atoms with E-state index in [4.69, 9.17) is 27.9 Å². The quantitative estimate of drug-likeness (QED) is 0.641. The number of aryl methyl sites for hydroxylation is 2. The minimum Gasteiger partial charge on any atom is -0.465 e. The van der Waals surface area contributed by atoms with Gasteiger partial charge in [-0.2, -0.15) is 5.10 Å². The van der Waals surface area contributed by atoms with Gasteiger partial charge >= 0.3 is 5.97 Å². The van der Waals surface area contributed by atoms with E-state index in [-0.39, 0.29) is 0 Å². The second-order valence-electron chi connectivity index (χ2n) is 5.28. The third-order valence-corrected chi connectivity index (χ3v) is 4.54. The Morgan fingerprint density at radius 1 is 1.25 bits per heavy atom. The number of esters is 1. The Morgan fingerprint density at radius 3 is 2.62 bits per heavy atom. The smallest absolute Gasteiger partial charge is 0.338 e. The van der Waals surface area contributed by atoms with E-state index in [9.17, 15) is 4.79 Å². The Kier molecular flexibility index (Phi) is 4.47. The van der Waals surface area contributed by atoms with Crippen molar-refractivity contribution < 1.29 is 9.53 Å². The Labute approximate surface area is 149 Å². The summed E-state index contributed by atoms with van der Waals surface area (Å²) in [6, 6.07) is 6.93. The van der Waals surface area contributed by atoms with Gasteiger partial charge in [0.2, 0.25) is 0 Å². The molecule has 0 N–H and O–H groups in total. The number of rotatable bonds is 3. The van der Waals surface area contributed by atoms with Gasteiger partial charge in [0, 0.05) is 12.1 Å². The maximum absolute atomic E-state index is 12.2. The molecule has 1 aromatic carbocycles. The second-order valence-corrected chi connectivity index (χ2v) is 6.09. The molecule has 3 aromatic rings. The van der Waals surface area contributed by atoms with Gasteiger partial charge in [-0.25, -0.2) is 14.5 Å². The molecule has 2 heterocycles. The maximum Gasteiger partial charge on any atom is 0.338 e. The molecule has 0 aliphatic heterocycles. The molecular weight excluding hydrogens is 349 g/mol. The first-order valence-electron chi connectivity index (χ1n) is 7.38. The van der Waals surface area contributed by atoms with E-state index in [1.807, 2.05) is 19.9 Å². The van der Waals surface area contributed by atoms with Gasteiger partial charge < -0.3 is 4.74 Å². The van der Waals surface area contributed by atoms with Crippen molar-refractivity contribution in [1.29, 1.82) is 0 Å². The van der Waals surface area contributed by atoms with E-state index in [1.54, 1.807) is 22.9 Å². The van der Waals surface area contributed by atoms with Crippen molar-refractivity contribution >= 4 is 40.2 Å². The zero-order chi connectivity index (χ0) is 17.4. The third kappa shape index (κ3) is 2.74. The molecule has 0 radical (unpaired) electrons. The molecule has 0 amide bonds. The summed E-state index contributed by atoms with van der Waals surface area (Å²) in [6.45, 7) is 4.46. The molecule has 0 saturated heterocycles. The standard InChI is InChI=1S/C17H15Cl2N3O2/c1-4-22-16-15(9(2)21-22)11(17(23)24-3)8-14(20-16)10-5-6-12(18)13(19)7-10/h5-8H,4H2,1-3H3. The number of pyridine rings is 1. The van der Waals surface area contributed by atoms with Gasteiger partial charge in [0.15, 0.2) is 5.65 Å². The molecule has 124 valence electrons. The van der Waals surface area contributed by atoms with Crippen molar-refractivity contribution in [2.75, 3.05) is 7.11 Å². The monoisotopic (exact) mass is 363 g/mol. The fourth-order valence-electron chi connectivity index (χ4n) is 2.65. The number of benzene rings is 1. The molecule has 7 heteroatoms. The number of methoxy groups -OCH3 is 1. The molecule has 0 bridgehead atoms. The largest absolute Gasteiger partial charge is 0.465 e. The van der Waals surface area contributed by atoms with Crippen molar-refractivity contribution in [2.24, 2.45) is 0 Å². The Balaban J connectivity index is 2.33.